The van der Waals surface area contributed by atoms with Crippen LogP contribution in [0.3, 0.4) is 0 Å². The van der Waals surface area contributed by atoms with E-state index in [9.17, 15) is 27.2 Å². The summed E-state index contributed by atoms with van der Waals surface area (Å²) in [4.78, 5) is 22.0. The Bertz CT molecular complexity index is 544. The third kappa shape index (κ3) is 1.79. The number of nitrogens with one attached hydrogen (secondary N) is 1. The van der Waals surface area contributed by atoms with Crippen LogP contribution in [0, 0.1) is 5.82 Å². The minimum atomic E-state index is -4.24. The second-order valence-electron chi connectivity index (χ2n) is 3.43. The van der Waals surface area contributed by atoms with Crippen LogP contribution >= 0.6 is 0 Å². The van der Waals surface area contributed by atoms with E-state index < -0.39 is 41.6 Å². The summed E-state index contributed by atoms with van der Waals surface area (Å²) in [6.45, 7) is -1.57. The van der Waals surface area contributed by atoms with Crippen molar-refractivity contribution in [1.29, 1.82) is 0 Å². The molecule has 2 rings (SSSR count). The van der Waals surface area contributed by atoms with Crippen LogP contribution in [0.15, 0.2) is 12.1 Å². The third-order valence-electron chi connectivity index (χ3n) is 2.25. The number of benzene rings is 1. The van der Waals surface area contributed by atoms with E-state index in [-0.39, 0.29) is 5.69 Å². The van der Waals surface area contributed by atoms with Crippen molar-refractivity contribution in [3.8, 4) is 5.75 Å². The van der Waals surface area contributed by atoms with Gasteiger partial charge in [-0.05, 0) is 12.1 Å². The van der Waals surface area contributed by atoms with Gasteiger partial charge in [0.1, 0.15) is 11.4 Å². The average molecular weight is 263 g/mol. The van der Waals surface area contributed by atoms with Gasteiger partial charge in [0.25, 0.3) is 0 Å². The van der Waals surface area contributed by atoms with Gasteiger partial charge in [-0.2, -0.15) is 8.78 Å². The number of halogens is 4. The standard InChI is InChI=1S/C10H5F4NO3/c11-3-6(16)7-4(12)1-2-5-8(7)18-10(13,14)9(17)15-5/h1-2H,3H2,(H,15,17). The molecule has 0 unspecified atom stereocenters. The average Bonchev–Trinajstić information content (AvgIpc) is 2.30. The van der Waals surface area contributed by atoms with Gasteiger partial charge in [0.2, 0.25) is 5.78 Å². The van der Waals surface area contributed by atoms with E-state index in [1.165, 1.54) is 0 Å². The van der Waals surface area contributed by atoms with Gasteiger partial charge in [0.15, 0.2) is 12.4 Å². The maximum absolute atomic E-state index is 13.3. The highest BCUT2D eigenvalue weighted by molar-refractivity contribution is 6.05. The molecule has 0 aliphatic carbocycles. The van der Waals surface area contributed by atoms with Crippen LogP contribution in [0.5, 0.6) is 5.75 Å². The molecule has 1 aromatic carbocycles. The lowest BCUT2D eigenvalue weighted by Crippen LogP contribution is -2.44. The molecular weight excluding hydrogens is 258 g/mol. The monoisotopic (exact) mass is 263 g/mol. The van der Waals surface area contributed by atoms with E-state index in [0.717, 1.165) is 12.1 Å². The summed E-state index contributed by atoms with van der Waals surface area (Å²) in [5.41, 5.74) is -1.26. The zero-order chi connectivity index (χ0) is 13.5. The second kappa shape index (κ2) is 3.97. The maximum Gasteiger partial charge on any atom is 0.482 e. The first-order valence-corrected chi connectivity index (χ1v) is 4.66. The number of anilines is 1. The topological polar surface area (TPSA) is 55.4 Å². The molecule has 0 bridgehead atoms. The number of fused-ring (bicyclic) bond motifs is 1. The number of rotatable bonds is 2. The highest BCUT2D eigenvalue weighted by atomic mass is 19.3. The lowest BCUT2D eigenvalue weighted by Gasteiger charge is -2.26. The summed E-state index contributed by atoms with van der Waals surface area (Å²) in [5, 5.41) is 1.74. The molecule has 0 atom stereocenters. The number of ketones is 1. The van der Waals surface area contributed by atoms with Crippen LogP contribution in [-0.4, -0.2) is 24.5 Å². The fraction of sp³-hybridized carbons (Fsp3) is 0.200. The van der Waals surface area contributed by atoms with Crippen molar-refractivity contribution in [3.63, 3.8) is 0 Å². The number of ether oxygens (including phenoxy) is 1. The van der Waals surface area contributed by atoms with Crippen LogP contribution in [0.2, 0.25) is 0 Å². The maximum atomic E-state index is 13.3. The largest absolute Gasteiger partial charge is 0.482 e. The molecule has 0 spiro atoms. The first-order valence-electron chi connectivity index (χ1n) is 4.66. The van der Waals surface area contributed by atoms with Gasteiger partial charge in [0.05, 0.1) is 5.69 Å². The summed E-state index contributed by atoms with van der Waals surface area (Å²) in [5.74, 6) is -5.18. The van der Waals surface area contributed by atoms with E-state index in [2.05, 4.69) is 4.74 Å². The fourth-order valence-electron chi connectivity index (χ4n) is 1.46. The number of alkyl halides is 3. The minimum absolute atomic E-state index is 0.316. The van der Waals surface area contributed by atoms with Crippen LogP contribution in [0.1, 0.15) is 10.4 Å². The normalized spacial score (nSPS) is 16.6. The van der Waals surface area contributed by atoms with Crippen LogP contribution in [0.4, 0.5) is 23.2 Å². The molecule has 0 saturated heterocycles. The third-order valence-corrected chi connectivity index (χ3v) is 2.25. The Hall–Kier alpha value is -2.12. The molecule has 1 amide bonds. The number of amides is 1. The zero-order valence-electron chi connectivity index (χ0n) is 8.60. The molecule has 96 valence electrons. The van der Waals surface area contributed by atoms with Gasteiger partial charge in [-0.3, -0.25) is 9.59 Å². The summed E-state index contributed by atoms with van der Waals surface area (Å²) >= 11 is 0. The van der Waals surface area contributed by atoms with E-state index in [1.54, 1.807) is 5.32 Å². The van der Waals surface area contributed by atoms with Crippen molar-refractivity contribution >= 4 is 17.4 Å². The molecule has 8 heteroatoms. The van der Waals surface area contributed by atoms with Gasteiger partial charge in [-0.15, -0.1) is 0 Å². The molecule has 0 aromatic heterocycles. The molecule has 1 aliphatic heterocycles. The number of carbonyl (C=O) groups is 2. The van der Waals surface area contributed by atoms with E-state index in [0.29, 0.717) is 0 Å². The Morgan fingerprint density at radius 3 is 2.67 bits per heavy atom. The number of carbonyl (C=O) groups excluding carboxylic acids is 2. The SMILES string of the molecule is O=C(CF)c1c(F)ccc2c1OC(F)(F)C(=O)N2. The predicted octanol–water partition coefficient (Wildman–Crippen LogP) is 1.90. The summed E-state index contributed by atoms with van der Waals surface area (Å²) < 4.78 is 55.6. The Labute approximate surface area is 97.5 Å². The predicted molar refractivity (Wildman–Crippen MR) is 50.9 cm³/mol. The van der Waals surface area contributed by atoms with Crippen LogP contribution in [0.25, 0.3) is 0 Å². The number of Topliss-reactive ketones (excluding diaryl/α,β-unsaturated/α-hetero) is 1. The van der Waals surface area contributed by atoms with E-state index >= 15 is 0 Å². The smallest absolute Gasteiger partial charge is 0.422 e. The highest BCUT2D eigenvalue weighted by Crippen LogP contribution is 2.39. The molecule has 1 aromatic rings. The molecule has 0 saturated carbocycles. The highest BCUT2D eigenvalue weighted by Gasteiger charge is 2.47. The quantitative estimate of drug-likeness (QED) is 0.655. The van der Waals surface area contributed by atoms with Gasteiger partial charge < -0.3 is 10.1 Å². The first-order chi connectivity index (χ1) is 8.36. The van der Waals surface area contributed by atoms with Crippen LogP contribution in [-0.2, 0) is 4.79 Å². The summed E-state index contributed by atoms with van der Waals surface area (Å²) in [6.07, 6.45) is -4.24. The molecule has 1 N–H and O–H groups in total. The van der Waals surface area contributed by atoms with E-state index in [1.807, 2.05) is 0 Å². The van der Waals surface area contributed by atoms with Crippen molar-refractivity contribution in [2.45, 2.75) is 6.11 Å². The number of hydrogen-bond donors (Lipinski definition) is 1. The first kappa shape index (κ1) is 12.3. The molecule has 1 aliphatic rings. The zero-order valence-corrected chi connectivity index (χ0v) is 8.60. The lowest BCUT2D eigenvalue weighted by atomic mass is 10.1. The Balaban J connectivity index is 2.61. The van der Waals surface area contributed by atoms with Gasteiger partial charge >= 0.3 is 12.0 Å². The summed E-state index contributed by atoms with van der Waals surface area (Å²) in [7, 11) is 0. The second-order valence-corrected chi connectivity index (χ2v) is 3.43. The molecule has 4 nitrogen and oxygen atoms in total. The van der Waals surface area contributed by atoms with Gasteiger partial charge in [-0.1, -0.05) is 0 Å². The summed E-state index contributed by atoms with van der Waals surface area (Å²) in [6, 6.07) is 1.68. The number of hydrogen-bond acceptors (Lipinski definition) is 3. The lowest BCUT2D eigenvalue weighted by molar-refractivity contribution is -0.189. The fourth-order valence-corrected chi connectivity index (χ4v) is 1.46. The van der Waals surface area contributed by atoms with Crippen molar-refractivity contribution < 1.29 is 31.9 Å². The van der Waals surface area contributed by atoms with Crippen molar-refractivity contribution in [2.24, 2.45) is 0 Å². The Kier molecular flexibility index (Phi) is 2.72. The molecule has 0 fully saturated rings. The minimum Gasteiger partial charge on any atom is -0.422 e. The van der Waals surface area contributed by atoms with Crippen molar-refractivity contribution in [3.05, 3.63) is 23.5 Å². The molecule has 18 heavy (non-hydrogen) atoms. The molecule has 0 radical (unpaired) electrons. The van der Waals surface area contributed by atoms with Crippen molar-refractivity contribution in [1.82, 2.24) is 0 Å². The van der Waals surface area contributed by atoms with Crippen LogP contribution < -0.4 is 10.1 Å². The van der Waals surface area contributed by atoms with E-state index in [4.69, 9.17) is 0 Å². The Morgan fingerprint density at radius 2 is 2.06 bits per heavy atom. The van der Waals surface area contributed by atoms with Gasteiger partial charge in [-0.25, -0.2) is 8.78 Å². The van der Waals surface area contributed by atoms with Crippen molar-refractivity contribution in [2.75, 3.05) is 12.0 Å². The Morgan fingerprint density at radius 1 is 1.39 bits per heavy atom. The molecule has 1 heterocycles. The molecular formula is C10H5F4NO3. The van der Waals surface area contributed by atoms with Gasteiger partial charge in [0, 0.05) is 0 Å².